The van der Waals surface area contributed by atoms with E-state index in [1.54, 1.807) is 12.0 Å². The minimum atomic E-state index is -0.00297. The minimum Gasteiger partial charge on any atom is -0.395 e. The summed E-state index contributed by atoms with van der Waals surface area (Å²) in [6.45, 7) is 5.55. The van der Waals surface area contributed by atoms with E-state index in [0.717, 1.165) is 26.2 Å². The zero-order chi connectivity index (χ0) is 12.5. The van der Waals surface area contributed by atoms with Crippen molar-refractivity contribution in [1.82, 2.24) is 15.1 Å². The van der Waals surface area contributed by atoms with Crippen LogP contribution in [0.3, 0.4) is 0 Å². The lowest BCUT2D eigenvalue weighted by Crippen LogP contribution is -2.49. The number of ether oxygens (including phenoxy) is 1. The fourth-order valence-electron chi connectivity index (χ4n) is 1.84. The van der Waals surface area contributed by atoms with Gasteiger partial charge >= 0.3 is 0 Å². The second kappa shape index (κ2) is 8.41. The number of hydrogen-bond acceptors (Lipinski definition) is 5. The predicted molar refractivity (Wildman–Crippen MR) is 64.9 cm³/mol. The number of piperazine rings is 1. The summed E-state index contributed by atoms with van der Waals surface area (Å²) in [5, 5.41) is 12.2. The van der Waals surface area contributed by atoms with Crippen molar-refractivity contribution in [3.8, 4) is 0 Å². The Morgan fingerprint density at radius 3 is 2.71 bits per heavy atom. The van der Waals surface area contributed by atoms with Crippen LogP contribution in [0.2, 0.25) is 0 Å². The highest BCUT2D eigenvalue weighted by atomic mass is 16.5. The number of nitrogens with zero attached hydrogens (tertiary/aromatic N) is 2. The molecule has 0 aliphatic carbocycles. The second-order valence-electron chi connectivity index (χ2n) is 4.12. The maximum absolute atomic E-state index is 12.0. The van der Waals surface area contributed by atoms with Crippen LogP contribution in [-0.4, -0.2) is 87.0 Å². The second-order valence-corrected chi connectivity index (χ2v) is 4.12. The smallest absolute Gasteiger partial charge is 0.236 e. The molecule has 0 aromatic heterocycles. The number of rotatable bonds is 7. The predicted octanol–water partition coefficient (Wildman–Crippen LogP) is -1.64. The molecule has 1 rings (SSSR count). The Kier molecular flexibility index (Phi) is 7.11. The number of nitrogens with one attached hydrogen (secondary N) is 1. The Bertz CT molecular complexity index is 220. The van der Waals surface area contributed by atoms with E-state index in [2.05, 4.69) is 10.2 Å². The van der Waals surface area contributed by atoms with E-state index in [-0.39, 0.29) is 12.5 Å². The van der Waals surface area contributed by atoms with Gasteiger partial charge in [0.2, 0.25) is 5.91 Å². The van der Waals surface area contributed by atoms with Crippen LogP contribution in [0.15, 0.2) is 0 Å². The maximum atomic E-state index is 12.0. The Balaban J connectivity index is 2.34. The normalized spacial score (nSPS) is 17.1. The van der Waals surface area contributed by atoms with E-state index in [0.29, 0.717) is 26.2 Å². The largest absolute Gasteiger partial charge is 0.395 e. The van der Waals surface area contributed by atoms with E-state index >= 15 is 0 Å². The number of amides is 1. The lowest BCUT2D eigenvalue weighted by atomic mass is 10.3. The van der Waals surface area contributed by atoms with Gasteiger partial charge in [-0.25, -0.2) is 0 Å². The lowest BCUT2D eigenvalue weighted by Gasteiger charge is -2.29. The monoisotopic (exact) mass is 245 g/mol. The number of carbonyl (C=O) groups excluding carboxylic acids is 1. The third-order valence-electron chi connectivity index (χ3n) is 2.86. The molecule has 2 N–H and O–H groups in total. The fraction of sp³-hybridized carbons (Fsp3) is 0.909. The Labute approximate surface area is 103 Å². The Hall–Kier alpha value is -0.690. The summed E-state index contributed by atoms with van der Waals surface area (Å²) in [6, 6.07) is 0. The van der Waals surface area contributed by atoms with Crippen LogP contribution >= 0.6 is 0 Å². The van der Waals surface area contributed by atoms with Crippen LogP contribution in [0.1, 0.15) is 0 Å². The van der Waals surface area contributed by atoms with Crippen LogP contribution in [-0.2, 0) is 9.53 Å². The number of hydrogen-bond donors (Lipinski definition) is 2. The van der Waals surface area contributed by atoms with Crippen LogP contribution in [0.25, 0.3) is 0 Å². The Morgan fingerprint density at radius 1 is 1.41 bits per heavy atom. The van der Waals surface area contributed by atoms with Crippen LogP contribution in [0, 0.1) is 0 Å². The molecule has 1 aliphatic rings. The van der Waals surface area contributed by atoms with E-state index in [4.69, 9.17) is 9.84 Å². The van der Waals surface area contributed by atoms with Crippen molar-refractivity contribution in [2.45, 2.75) is 0 Å². The van der Waals surface area contributed by atoms with Crippen molar-refractivity contribution in [1.29, 1.82) is 0 Å². The quantitative estimate of drug-likeness (QED) is 0.563. The fourth-order valence-corrected chi connectivity index (χ4v) is 1.84. The summed E-state index contributed by atoms with van der Waals surface area (Å²) < 4.78 is 4.96. The summed E-state index contributed by atoms with van der Waals surface area (Å²) in [5.41, 5.74) is 0. The first-order chi connectivity index (χ1) is 8.27. The molecule has 0 unspecified atom stereocenters. The molecule has 0 aromatic carbocycles. The standard InChI is InChI=1S/C11H23N3O3/c1-17-9-7-14(6-8-15)11(16)10-13-4-2-12-3-5-13/h12,15H,2-10H2,1H3. The zero-order valence-electron chi connectivity index (χ0n) is 10.5. The molecular formula is C11H23N3O3. The summed E-state index contributed by atoms with van der Waals surface area (Å²) in [5.74, 6) is 0.0676. The van der Waals surface area contributed by atoms with Gasteiger partial charge in [0.05, 0.1) is 19.8 Å². The van der Waals surface area contributed by atoms with Gasteiger partial charge in [0.15, 0.2) is 0 Å². The zero-order valence-corrected chi connectivity index (χ0v) is 10.5. The molecule has 1 fully saturated rings. The summed E-state index contributed by atoms with van der Waals surface area (Å²) in [6.07, 6.45) is 0. The average Bonchev–Trinajstić information content (AvgIpc) is 2.35. The maximum Gasteiger partial charge on any atom is 0.236 e. The summed E-state index contributed by atoms with van der Waals surface area (Å²) in [7, 11) is 1.61. The molecular weight excluding hydrogens is 222 g/mol. The van der Waals surface area contributed by atoms with Crippen LogP contribution < -0.4 is 5.32 Å². The molecule has 100 valence electrons. The topological polar surface area (TPSA) is 65.0 Å². The van der Waals surface area contributed by atoms with Gasteiger partial charge < -0.3 is 20.1 Å². The molecule has 1 amide bonds. The molecule has 0 atom stereocenters. The third kappa shape index (κ3) is 5.45. The van der Waals surface area contributed by atoms with Gasteiger partial charge in [-0.15, -0.1) is 0 Å². The van der Waals surface area contributed by atoms with Gasteiger partial charge in [-0.3, -0.25) is 9.69 Å². The molecule has 1 heterocycles. The van der Waals surface area contributed by atoms with Crippen LogP contribution in [0.4, 0.5) is 0 Å². The highest BCUT2D eigenvalue weighted by molar-refractivity contribution is 5.78. The molecule has 1 aliphatic heterocycles. The van der Waals surface area contributed by atoms with Crippen molar-refractivity contribution >= 4 is 5.91 Å². The highest BCUT2D eigenvalue weighted by Crippen LogP contribution is 1.97. The Morgan fingerprint density at radius 2 is 2.12 bits per heavy atom. The van der Waals surface area contributed by atoms with Gasteiger partial charge in [-0.1, -0.05) is 0 Å². The first-order valence-corrected chi connectivity index (χ1v) is 6.08. The van der Waals surface area contributed by atoms with E-state index in [9.17, 15) is 4.79 Å². The number of carbonyl (C=O) groups is 1. The average molecular weight is 245 g/mol. The van der Waals surface area contributed by atoms with Crippen molar-refractivity contribution < 1.29 is 14.6 Å². The van der Waals surface area contributed by atoms with Crippen molar-refractivity contribution in [2.24, 2.45) is 0 Å². The molecule has 6 heteroatoms. The van der Waals surface area contributed by atoms with E-state index < -0.39 is 0 Å². The molecule has 0 saturated carbocycles. The molecule has 0 bridgehead atoms. The number of aliphatic hydroxyl groups is 1. The third-order valence-corrected chi connectivity index (χ3v) is 2.86. The molecule has 0 aromatic rings. The summed E-state index contributed by atoms with van der Waals surface area (Å²) in [4.78, 5) is 15.8. The lowest BCUT2D eigenvalue weighted by molar-refractivity contribution is -0.133. The van der Waals surface area contributed by atoms with E-state index in [1.807, 2.05) is 0 Å². The van der Waals surface area contributed by atoms with Gasteiger partial charge in [0, 0.05) is 46.4 Å². The van der Waals surface area contributed by atoms with Gasteiger partial charge in [-0.05, 0) is 0 Å². The highest BCUT2D eigenvalue weighted by Gasteiger charge is 2.18. The first-order valence-electron chi connectivity index (χ1n) is 6.08. The minimum absolute atomic E-state index is 0.00297. The molecule has 0 radical (unpaired) electrons. The van der Waals surface area contributed by atoms with E-state index in [1.165, 1.54) is 0 Å². The van der Waals surface area contributed by atoms with Crippen molar-refractivity contribution in [2.75, 3.05) is 66.1 Å². The van der Waals surface area contributed by atoms with Gasteiger partial charge in [-0.2, -0.15) is 0 Å². The first kappa shape index (κ1) is 14.4. The number of aliphatic hydroxyl groups excluding tert-OH is 1. The SMILES string of the molecule is COCCN(CCO)C(=O)CN1CCNCC1. The molecule has 1 saturated heterocycles. The molecule has 0 spiro atoms. The molecule has 17 heavy (non-hydrogen) atoms. The van der Waals surface area contributed by atoms with Crippen LogP contribution in [0.5, 0.6) is 0 Å². The van der Waals surface area contributed by atoms with Gasteiger partial charge in [0.1, 0.15) is 0 Å². The molecule has 6 nitrogen and oxygen atoms in total. The number of methoxy groups -OCH3 is 1. The van der Waals surface area contributed by atoms with Crippen molar-refractivity contribution in [3.05, 3.63) is 0 Å². The van der Waals surface area contributed by atoms with Crippen molar-refractivity contribution in [3.63, 3.8) is 0 Å². The van der Waals surface area contributed by atoms with Gasteiger partial charge in [0.25, 0.3) is 0 Å². The summed E-state index contributed by atoms with van der Waals surface area (Å²) >= 11 is 0.